The first kappa shape index (κ1) is 20.6. The number of aryl methyl sites for hydroxylation is 1. The Bertz CT molecular complexity index is 661. The van der Waals surface area contributed by atoms with Gasteiger partial charge < -0.3 is 15.0 Å². The van der Waals surface area contributed by atoms with Gasteiger partial charge in [-0.1, -0.05) is 6.42 Å². The van der Waals surface area contributed by atoms with Gasteiger partial charge in [-0.15, -0.1) is 0 Å². The molecule has 1 aromatic rings. The van der Waals surface area contributed by atoms with E-state index in [9.17, 15) is 19.2 Å². The minimum absolute atomic E-state index is 0.0688. The molecule has 7 nitrogen and oxygen atoms in total. The molecule has 2 N–H and O–H groups in total. The number of ether oxygens (including phenoxy) is 1. The molecule has 25 heavy (non-hydrogen) atoms. The lowest BCUT2D eigenvalue weighted by atomic mass is 10.1. The molecule has 7 heteroatoms. The normalized spacial score (nSPS) is 10.4. The van der Waals surface area contributed by atoms with Crippen LogP contribution in [-0.4, -0.2) is 41.6 Å². The predicted octanol–water partition coefficient (Wildman–Crippen LogP) is 2.26. The molecule has 0 aromatic carbocycles. The Morgan fingerprint density at radius 3 is 2.28 bits per heavy atom. The summed E-state index contributed by atoms with van der Waals surface area (Å²) in [6.45, 7) is 6.58. The number of nitrogens with one attached hydrogen (secondary N) is 2. The number of carbonyl (C=O) groups is 4. The SMILES string of the molecule is CC(=O)NCCCCCC(=O)OCC(=O)c1[nH]c(C)c(C(C)=O)c1C. The summed E-state index contributed by atoms with van der Waals surface area (Å²) in [6.07, 6.45) is 2.46. The average Bonchev–Trinajstić information content (AvgIpc) is 2.82. The molecule has 0 aliphatic rings. The lowest BCUT2D eigenvalue weighted by Gasteiger charge is -2.05. The lowest BCUT2D eigenvalue weighted by Crippen LogP contribution is -2.20. The van der Waals surface area contributed by atoms with Crippen molar-refractivity contribution in [2.45, 2.75) is 53.4 Å². The summed E-state index contributed by atoms with van der Waals surface area (Å²) in [7, 11) is 0. The van der Waals surface area contributed by atoms with Crippen molar-refractivity contribution in [2.75, 3.05) is 13.2 Å². The number of hydrogen-bond donors (Lipinski definition) is 2. The zero-order valence-corrected chi connectivity index (χ0v) is 15.3. The Labute approximate surface area is 147 Å². The number of hydrogen-bond acceptors (Lipinski definition) is 5. The molecule has 0 spiro atoms. The first-order valence-electron chi connectivity index (χ1n) is 8.37. The van der Waals surface area contributed by atoms with Crippen molar-refractivity contribution in [3.8, 4) is 0 Å². The van der Waals surface area contributed by atoms with Gasteiger partial charge in [-0.05, 0) is 39.2 Å². The monoisotopic (exact) mass is 350 g/mol. The van der Waals surface area contributed by atoms with E-state index in [-0.39, 0.29) is 30.5 Å². The smallest absolute Gasteiger partial charge is 0.306 e. The van der Waals surface area contributed by atoms with Gasteiger partial charge in [-0.25, -0.2) is 0 Å². The topological polar surface area (TPSA) is 105 Å². The van der Waals surface area contributed by atoms with E-state index in [1.165, 1.54) is 13.8 Å². The van der Waals surface area contributed by atoms with Crippen LogP contribution in [0.5, 0.6) is 0 Å². The van der Waals surface area contributed by atoms with Crippen LogP contribution in [0.4, 0.5) is 0 Å². The maximum atomic E-state index is 12.2. The molecule has 1 rings (SSSR count). The first-order valence-corrected chi connectivity index (χ1v) is 8.37. The van der Waals surface area contributed by atoms with Crippen LogP contribution < -0.4 is 5.32 Å². The van der Waals surface area contributed by atoms with Crippen LogP contribution in [0, 0.1) is 13.8 Å². The fourth-order valence-corrected chi connectivity index (χ4v) is 2.68. The van der Waals surface area contributed by atoms with Crippen molar-refractivity contribution >= 4 is 23.4 Å². The molecule has 0 aliphatic heterocycles. The standard InChI is InChI=1S/C18H26N2O5/c1-11-17(13(3)21)12(2)20-18(11)15(23)10-25-16(24)8-6-5-7-9-19-14(4)22/h20H,5-10H2,1-4H3,(H,19,22). The molecule has 0 bridgehead atoms. The Hall–Kier alpha value is -2.44. The molecule has 0 unspecified atom stereocenters. The lowest BCUT2D eigenvalue weighted by molar-refractivity contribution is -0.142. The Kier molecular flexibility index (Phi) is 8.04. The second kappa shape index (κ2) is 9.76. The van der Waals surface area contributed by atoms with Gasteiger partial charge >= 0.3 is 5.97 Å². The van der Waals surface area contributed by atoms with Gasteiger partial charge in [0.15, 0.2) is 12.4 Å². The van der Waals surface area contributed by atoms with Crippen molar-refractivity contribution in [1.29, 1.82) is 0 Å². The summed E-state index contributed by atoms with van der Waals surface area (Å²) in [4.78, 5) is 49.0. The van der Waals surface area contributed by atoms with E-state index in [4.69, 9.17) is 4.74 Å². The average molecular weight is 350 g/mol. The van der Waals surface area contributed by atoms with Gasteiger partial charge in [-0.3, -0.25) is 19.2 Å². The van der Waals surface area contributed by atoms with Gasteiger partial charge in [-0.2, -0.15) is 0 Å². The van der Waals surface area contributed by atoms with Crippen LogP contribution in [0.1, 0.15) is 71.6 Å². The first-order chi connectivity index (χ1) is 11.7. The summed E-state index contributed by atoms with van der Waals surface area (Å²) in [5.41, 5.74) is 2.04. The van der Waals surface area contributed by atoms with E-state index in [1.54, 1.807) is 13.8 Å². The molecule has 0 fully saturated rings. The van der Waals surface area contributed by atoms with E-state index in [2.05, 4.69) is 10.3 Å². The minimum Gasteiger partial charge on any atom is -0.457 e. The third kappa shape index (κ3) is 6.52. The van der Waals surface area contributed by atoms with Gasteiger partial charge in [0.2, 0.25) is 11.7 Å². The van der Waals surface area contributed by atoms with Crippen LogP contribution in [0.3, 0.4) is 0 Å². The van der Waals surface area contributed by atoms with E-state index >= 15 is 0 Å². The second-order valence-corrected chi connectivity index (χ2v) is 6.06. The minimum atomic E-state index is -0.430. The fraction of sp³-hybridized carbons (Fsp3) is 0.556. The highest BCUT2D eigenvalue weighted by Gasteiger charge is 2.20. The summed E-state index contributed by atoms with van der Waals surface area (Å²) in [5.74, 6) is -0.963. The second-order valence-electron chi connectivity index (χ2n) is 6.06. The van der Waals surface area contributed by atoms with Crippen LogP contribution in [0.2, 0.25) is 0 Å². The number of Topliss-reactive ketones (excluding diaryl/α,β-unsaturated/α-hetero) is 2. The number of ketones is 2. The van der Waals surface area contributed by atoms with Gasteiger partial charge in [0.25, 0.3) is 0 Å². The number of aromatic amines is 1. The van der Waals surface area contributed by atoms with Crippen molar-refractivity contribution in [3.05, 3.63) is 22.5 Å². The number of H-pyrrole nitrogens is 1. The highest BCUT2D eigenvalue weighted by Crippen LogP contribution is 2.19. The van der Waals surface area contributed by atoms with Crippen molar-refractivity contribution in [2.24, 2.45) is 0 Å². The molecule has 138 valence electrons. The maximum absolute atomic E-state index is 12.2. The van der Waals surface area contributed by atoms with Crippen LogP contribution in [-0.2, 0) is 14.3 Å². The molecular weight excluding hydrogens is 324 g/mol. The quantitative estimate of drug-likeness (QED) is 0.382. The molecule has 0 atom stereocenters. The Morgan fingerprint density at radius 2 is 1.72 bits per heavy atom. The van der Waals surface area contributed by atoms with Crippen molar-refractivity contribution in [3.63, 3.8) is 0 Å². The Morgan fingerprint density at radius 1 is 1.04 bits per heavy atom. The van der Waals surface area contributed by atoms with Crippen molar-refractivity contribution in [1.82, 2.24) is 10.3 Å². The number of unbranched alkanes of at least 4 members (excludes halogenated alkanes) is 2. The van der Waals surface area contributed by atoms with Crippen LogP contribution in [0.15, 0.2) is 0 Å². The summed E-state index contributed by atoms with van der Waals surface area (Å²) in [6, 6.07) is 0. The molecule has 0 saturated carbocycles. The van der Waals surface area contributed by atoms with E-state index in [0.29, 0.717) is 35.5 Å². The fourth-order valence-electron chi connectivity index (χ4n) is 2.68. The molecule has 0 saturated heterocycles. The Balaban J connectivity index is 2.37. The molecule has 1 aromatic heterocycles. The van der Waals surface area contributed by atoms with Crippen molar-refractivity contribution < 1.29 is 23.9 Å². The van der Waals surface area contributed by atoms with E-state index in [1.807, 2.05) is 0 Å². The van der Waals surface area contributed by atoms with E-state index in [0.717, 1.165) is 12.8 Å². The highest BCUT2D eigenvalue weighted by atomic mass is 16.5. The van der Waals surface area contributed by atoms with Crippen LogP contribution in [0.25, 0.3) is 0 Å². The summed E-state index contributed by atoms with van der Waals surface area (Å²) < 4.78 is 5.00. The summed E-state index contributed by atoms with van der Waals surface area (Å²) >= 11 is 0. The van der Waals surface area contributed by atoms with Gasteiger partial charge in [0.1, 0.15) is 0 Å². The van der Waals surface area contributed by atoms with Gasteiger partial charge in [0.05, 0.1) is 5.69 Å². The maximum Gasteiger partial charge on any atom is 0.306 e. The zero-order valence-electron chi connectivity index (χ0n) is 15.3. The largest absolute Gasteiger partial charge is 0.457 e. The number of amides is 1. The number of esters is 1. The predicted molar refractivity (Wildman–Crippen MR) is 92.7 cm³/mol. The number of aromatic nitrogens is 1. The highest BCUT2D eigenvalue weighted by molar-refractivity contribution is 6.04. The molecule has 0 aliphatic carbocycles. The van der Waals surface area contributed by atoms with E-state index < -0.39 is 5.97 Å². The van der Waals surface area contributed by atoms with Gasteiger partial charge in [0, 0.05) is 31.1 Å². The molecule has 1 amide bonds. The third-order valence-electron chi connectivity index (χ3n) is 3.86. The third-order valence-corrected chi connectivity index (χ3v) is 3.86. The summed E-state index contributed by atoms with van der Waals surface area (Å²) in [5, 5.41) is 2.68. The zero-order chi connectivity index (χ0) is 19.0. The molecular formula is C18H26N2O5. The number of carbonyl (C=O) groups excluding carboxylic acids is 4. The number of rotatable bonds is 10. The molecule has 0 radical (unpaired) electrons. The molecule has 1 heterocycles. The van der Waals surface area contributed by atoms with Crippen LogP contribution >= 0.6 is 0 Å².